The van der Waals surface area contributed by atoms with Crippen LogP contribution >= 0.6 is 0 Å². The zero-order chi connectivity index (χ0) is 26.2. The van der Waals surface area contributed by atoms with E-state index in [-0.39, 0.29) is 5.91 Å². The summed E-state index contributed by atoms with van der Waals surface area (Å²) in [6.45, 7) is 5.45. The zero-order valence-electron chi connectivity index (χ0n) is 21.1. The number of fused-ring (bicyclic) bond motifs is 1. The Morgan fingerprint density at radius 3 is 2.46 bits per heavy atom. The summed E-state index contributed by atoms with van der Waals surface area (Å²) in [5.74, 6) is -0.0271. The second-order valence-corrected chi connectivity index (χ2v) is 9.39. The van der Waals surface area contributed by atoms with Gasteiger partial charge in [-0.15, -0.1) is 10.2 Å². The van der Waals surface area contributed by atoms with Crippen LogP contribution in [0.5, 0.6) is 0 Å². The van der Waals surface area contributed by atoms with Crippen LogP contribution in [0.3, 0.4) is 0 Å². The molecule has 0 fully saturated rings. The number of imidazole rings is 1. The first-order chi connectivity index (χ1) is 17.9. The second kappa shape index (κ2) is 9.61. The van der Waals surface area contributed by atoms with Crippen LogP contribution in [0.25, 0.3) is 28.2 Å². The van der Waals surface area contributed by atoms with E-state index in [2.05, 4.69) is 27.5 Å². The Morgan fingerprint density at radius 1 is 1.11 bits per heavy atom. The van der Waals surface area contributed by atoms with Crippen molar-refractivity contribution in [1.29, 1.82) is 0 Å². The third-order valence-corrected chi connectivity index (χ3v) is 7.09. The smallest absolute Gasteiger partial charge is 0.335 e. The van der Waals surface area contributed by atoms with E-state index in [0.29, 0.717) is 30.9 Å². The summed E-state index contributed by atoms with van der Waals surface area (Å²) in [4.78, 5) is 31.5. The van der Waals surface area contributed by atoms with Crippen molar-refractivity contribution in [2.24, 2.45) is 0 Å². The number of carbonyl (C=O) groups is 2. The number of carboxylic acids is 1. The van der Waals surface area contributed by atoms with E-state index in [1.807, 2.05) is 53.1 Å². The van der Waals surface area contributed by atoms with E-state index in [9.17, 15) is 14.7 Å². The van der Waals surface area contributed by atoms with Gasteiger partial charge in [-0.3, -0.25) is 9.36 Å². The summed E-state index contributed by atoms with van der Waals surface area (Å²) in [7, 11) is 0. The van der Waals surface area contributed by atoms with E-state index < -0.39 is 11.5 Å². The van der Waals surface area contributed by atoms with Crippen molar-refractivity contribution < 1.29 is 14.7 Å². The summed E-state index contributed by atoms with van der Waals surface area (Å²) >= 11 is 0. The molecule has 0 bridgehead atoms. The summed E-state index contributed by atoms with van der Waals surface area (Å²) in [5.41, 5.74) is 3.32. The van der Waals surface area contributed by atoms with Gasteiger partial charge in [0.2, 0.25) is 11.7 Å². The Hall–Kier alpha value is -4.34. The number of unbranched alkanes of at least 4 members (excludes halogenated alkanes) is 1. The summed E-state index contributed by atoms with van der Waals surface area (Å²) < 4.78 is 1.95. The SMILES string of the molecule is CCCCc1nc2c(n1-c1ccc(-c3ccccc3-c3nn[nH]n3)cc1)C(C)(C(=O)O)N(C(C)=O)CC2. The van der Waals surface area contributed by atoms with Gasteiger partial charge in [-0.2, -0.15) is 5.21 Å². The van der Waals surface area contributed by atoms with Crippen molar-refractivity contribution in [1.82, 2.24) is 35.1 Å². The van der Waals surface area contributed by atoms with Gasteiger partial charge in [-0.25, -0.2) is 9.78 Å². The molecule has 5 rings (SSSR count). The molecule has 0 spiro atoms. The van der Waals surface area contributed by atoms with Crippen LogP contribution in [0.2, 0.25) is 0 Å². The molecule has 0 radical (unpaired) electrons. The lowest BCUT2D eigenvalue weighted by Gasteiger charge is -2.41. The molecule has 0 saturated carbocycles. The average Bonchev–Trinajstić information content (AvgIpc) is 3.56. The Kier molecular flexibility index (Phi) is 6.32. The maximum Gasteiger partial charge on any atom is 0.335 e. The van der Waals surface area contributed by atoms with Crippen LogP contribution in [-0.4, -0.2) is 58.6 Å². The lowest BCUT2D eigenvalue weighted by atomic mass is 9.88. The summed E-state index contributed by atoms with van der Waals surface area (Å²) in [5, 5.41) is 24.8. The Balaban J connectivity index is 1.65. The van der Waals surface area contributed by atoms with E-state index in [1.54, 1.807) is 6.92 Å². The van der Waals surface area contributed by atoms with Crippen LogP contribution in [-0.2, 0) is 28.0 Å². The van der Waals surface area contributed by atoms with Crippen LogP contribution in [0.15, 0.2) is 48.5 Å². The van der Waals surface area contributed by atoms with Crippen molar-refractivity contribution in [2.45, 2.75) is 52.0 Å². The number of hydrogen-bond acceptors (Lipinski definition) is 6. The lowest BCUT2D eigenvalue weighted by molar-refractivity contribution is -0.159. The molecule has 2 aromatic carbocycles. The number of aryl methyl sites for hydroxylation is 1. The lowest BCUT2D eigenvalue weighted by Crippen LogP contribution is -2.56. The van der Waals surface area contributed by atoms with Crippen molar-refractivity contribution in [3.63, 3.8) is 0 Å². The fourth-order valence-corrected chi connectivity index (χ4v) is 5.22. The topological polar surface area (TPSA) is 130 Å². The number of hydrogen-bond donors (Lipinski definition) is 2. The van der Waals surface area contributed by atoms with Crippen molar-refractivity contribution in [3.8, 4) is 28.2 Å². The predicted molar refractivity (Wildman–Crippen MR) is 137 cm³/mol. The van der Waals surface area contributed by atoms with Crippen molar-refractivity contribution in [2.75, 3.05) is 6.54 Å². The molecule has 1 atom stereocenters. The van der Waals surface area contributed by atoms with Gasteiger partial charge in [0, 0.05) is 37.6 Å². The number of rotatable bonds is 7. The van der Waals surface area contributed by atoms with E-state index in [4.69, 9.17) is 4.98 Å². The second-order valence-electron chi connectivity index (χ2n) is 9.39. The fraction of sp³-hybridized carbons (Fsp3) is 0.333. The number of amides is 1. The highest BCUT2D eigenvalue weighted by atomic mass is 16.4. The van der Waals surface area contributed by atoms with Gasteiger partial charge < -0.3 is 10.0 Å². The monoisotopic (exact) mass is 499 g/mol. The first-order valence-electron chi connectivity index (χ1n) is 12.4. The van der Waals surface area contributed by atoms with Gasteiger partial charge in [-0.1, -0.05) is 49.7 Å². The highest BCUT2D eigenvalue weighted by Gasteiger charge is 2.50. The third kappa shape index (κ3) is 4.08. The van der Waals surface area contributed by atoms with Gasteiger partial charge in [0.25, 0.3) is 0 Å². The van der Waals surface area contributed by atoms with Crippen LogP contribution in [0.4, 0.5) is 0 Å². The molecule has 10 heteroatoms. The molecular formula is C27H29N7O3. The van der Waals surface area contributed by atoms with E-state index in [1.165, 1.54) is 11.8 Å². The average molecular weight is 500 g/mol. The zero-order valence-corrected chi connectivity index (χ0v) is 21.1. The number of nitrogens with one attached hydrogen (secondary N) is 1. The summed E-state index contributed by atoms with van der Waals surface area (Å²) in [6.07, 6.45) is 3.13. The first kappa shape index (κ1) is 24.4. The number of aliphatic carboxylic acids is 1. The number of H-pyrrole nitrogens is 1. The quantitative estimate of drug-likeness (QED) is 0.396. The van der Waals surface area contributed by atoms with Crippen LogP contribution in [0, 0.1) is 0 Å². The fourth-order valence-electron chi connectivity index (χ4n) is 5.22. The molecule has 37 heavy (non-hydrogen) atoms. The molecule has 2 aromatic heterocycles. The molecule has 2 N–H and O–H groups in total. The maximum atomic E-state index is 12.7. The standard InChI is InChI=1S/C27H29N7O3/c1-4-5-10-23-28-22-15-16-33(17(2)35)27(3,26(36)37)24(22)34(23)19-13-11-18(12-14-19)20-8-6-7-9-21(20)25-29-31-32-30-25/h6-9,11-14H,4-5,10,15-16H2,1-3H3,(H,36,37)(H,29,30,31,32). The van der Waals surface area contributed by atoms with Gasteiger partial charge in [0.1, 0.15) is 5.82 Å². The Morgan fingerprint density at radius 2 is 1.84 bits per heavy atom. The Labute approximate surface area is 214 Å². The van der Waals surface area contributed by atoms with E-state index in [0.717, 1.165) is 46.7 Å². The largest absolute Gasteiger partial charge is 0.479 e. The van der Waals surface area contributed by atoms with Gasteiger partial charge in [0.05, 0.1) is 11.4 Å². The molecular weight excluding hydrogens is 470 g/mol. The number of benzene rings is 2. The molecule has 10 nitrogen and oxygen atoms in total. The molecule has 0 saturated heterocycles. The van der Waals surface area contributed by atoms with Crippen molar-refractivity contribution >= 4 is 11.9 Å². The summed E-state index contributed by atoms with van der Waals surface area (Å²) in [6, 6.07) is 15.7. The molecule has 0 aliphatic carbocycles. The molecule has 4 aromatic rings. The minimum atomic E-state index is -1.53. The molecule has 1 aliphatic rings. The number of carbonyl (C=O) groups excluding carboxylic acids is 1. The number of nitrogens with zero attached hydrogens (tertiary/aromatic N) is 6. The van der Waals surface area contributed by atoms with Gasteiger partial charge >= 0.3 is 5.97 Å². The third-order valence-electron chi connectivity index (χ3n) is 7.09. The normalized spacial score (nSPS) is 17.0. The number of carboxylic acid groups (broad SMARTS) is 1. The molecule has 1 unspecified atom stereocenters. The van der Waals surface area contributed by atoms with E-state index >= 15 is 0 Å². The van der Waals surface area contributed by atoms with Crippen molar-refractivity contribution in [3.05, 3.63) is 65.7 Å². The van der Waals surface area contributed by atoms with Crippen LogP contribution < -0.4 is 0 Å². The van der Waals surface area contributed by atoms with Crippen LogP contribution in [0.1, 0.15) is 50.8 Å². The number of aromatic nitrogens is 6. The molecule has 3 heterocycles. The number of tetrazole rings is 1. The van der Waals surface area contributed by atoms with Gasteiger partial charge in [-0.05, 0) is 41.8 Å². The molecule has 190 valence electrons. The highest BCUT2D eigenvalue weighted by molar-refractivity contribution is 5.88. The maximum absolute atomic E-state index is 12.7. The van der Waals surface area contributed by atoms with Gasteiger partial charge in [0.15, 0.2) is 5.54 Å². The molecule has 1 amide bonds. The predicted octanol–water partition coefficient (Wildman–Crippen LogP) is 3.77. The Bertz CT molecular complexity index is 1440. The molecule has 1 aliphatic heterocycles. The first-order valence-corrected chi connectivity index (χ1v) is 12.4. The minimum absolute atomic E-state index is 0.271. The highest BCUT2D eigenvalue weighted by Crippen LogP contribution is 2.39. The number of aromatic amines is 1. The minimum Gasteiger partial charge on any atom is -0.479 e.